The van der Waals surface area contributed by atoms with Crippen LogP contribution in [0.2, 0.25) is 0 Å². The number of rotatable bonds is 7. The van der Waals surface area contributed by atoms with Gasteiger partial charge >= 0.3 is 12.0 Å². The molecule has 0 spiro atoms. The monoisotopic (exact) mass is 282 g/mol. The number of phenolic OH excluding ortho intramolecular Hbond substituents is 1. The van der Waals surface area contributed by atoms with Crippen LogP contribution in [0.3, 0.4) is 0 Å². The molecule has 0 aliphatic rings. The number of phenols is 1. The van der Waals surface area contributed by atoms with Crippen molar-refractivity contribution in [1.29, 1.82) is 0 Å². The minimum Gasteiger partial charge on any atom is -0.508 e. The Kier molecular flexibility index (Phi) is 6.15. The minimum absolute atomic E-state index is 0.0137. The number of urea groups is 1. The number of carbonyl (C=O) groups is 2. The topological polar surface area (TPSA) is 108 Å². The molecule has 1 aromatic carbocycles. The molecule has 0 aliphatic carbocycles. The van der Waals surface area contributed by atoms with E-state index in [0.717, 1.165) is 0 Å². The van der Waals surface area contributed by atoms with Gasteiger partial charge in [0.05, 0.1) is 0 Å². The maximum absolute atomic E-state index is 11.5. The normalized spacial score (nSPS) is 11.4. The fourth-order valence-electron chi connectivity index (χ4n) is 1.44. The number of nitrogens with one attached hydrogen (secondary N) is 2. The minimum atomic E-state index is -0.892. The second-order valence-corrected chi connectivity index (χ2v) is 4.15. The van der Waals surface area contributed by atoms with Crippen LogP contribution in [-0.4, -0.2) is 35.0 Å². The van der Waals surface area contributed by atoms with Gasteiger partial charge in [-0.25, -0.2) is 4.79 Å². The van der Waals surface area contributed by atoms with Crippen LogP contribution in [0.25, 0.3) is 0 Å². The van der Waals surface area contributed by atoms with Gasteiger partial charge in [0.1, 0.15) is 11.5 Å². The zero-order valence-electron chi connectivity index (χ0n) is 11.1. The lowest BCUT2D eigenvalue weighted by Crippen LogP contribution is -2.43. The largest absolute Gasteiger partial charge is 0.508 e. The number of hydrogen-bond donors (Lipinski definition) is 4. The van der Waals surface area contributed by atoms with Crippen molar-refractivity contribution in [2.45, 2.75) is 26.0 Å². The van der Waals surface area contributed by atoms with E-state index >= 15 is 0 Å². The van der Waals surface area contributed by atoms with Crippen LogP contribution < -0.4 is 15.4 Å². The van der Waals surface area contributed by atoms with Gasteiger partial charge in [0.15, 0.2) is 6.23 Å². The number of amides is 2. The predicted molar refractivity (Wildman–Crippen MR) is 71.6 cm³/mol. The van der Waals surface area contributed by atoms with E-state index in [0.29, 0.717) is 12.2 Å². The van der Waals surface area contributed by atoms with Crippen molar-refractivity contribution in [3.8, 4) is 11.5 Å². The third kappa shape index (κ3) is 6.48. The van der Waals surface area contributed by atoms with Gasteiger partial charge < -0.3 is 25.6 Å². The van der Waals surface area contributed by atoms with Crippen molar-refractivity contribution < 1.29 is 24.5 Å². The van der Waals surface area contributed by atoms with Gasteiger partial charge in [0.2, 0.25) is 0 Å². The van der Waals surface area contributed by atoms with Gasteiger partial charge in [-0.1, -0.05) is 0 Å². The standard InChI is InChI=1S/C13H18N2O5/c1-9(20-11-6-4-10(16)5-7-11)15-13(19)14-8-2-3-12(17)18/h4-7,9,16H,2-3,8H2,1H3,(H,17,18)(H2,14,15,19). The molecule has 7 heteroatoms. The molecule has 1 atom stereocenters. The summed E-state index contributed by atoms with van der Waals surface area (Å²) in [5.41, 5.74) is 0. The van der Waals surface area contributed by atoms with Crippen LogP contribution in [0.5, 0.6) is 11.5 Å². The first kappa shape index (κ1) is 15.6. The molecule has 1 rings (SSSR count). The average Bonchev–Trinajstić information content (AvgIpc) is 2.37. The molecule has 0 aliphatic heterocycles. The summed E-state index contributed by atoms with van der Waals surface area (Å²) >= 11 is 0. The van der Waals surface area contributed by atoms with E-state index in [9.17, 15) is 9.59 Å². The van der Waals surface area contributed by atoms with Crippen molar-refractivity contribution in [1.82, 2.24) is 10.6 Å². The summed E-state index contributed by atoms with van der Waals surface area (Å²) in [6, 6.07) is 5.69. The van der Waals surface area contributed by atoms with E-state index in [4.69, 9.17) is 14.9 Å². The molecule has 20 heavy (non-hydrogen) atoms. The Bertz CT molecular complexity index is 447. The summed E-state index contributed by atoms with van der Waals surface area (Å²) in [4.78, 5) is 21.7. The molecule has 0 fully saturated rings. The van der Waals surface area contributed by atoms with Crippen molar-refractivity contribution in [2.24, 2.45) is 0 Å². The zero-order chi connectivity index (χ0) is 15.0. The summed E-state index contributed by atoms with van der Waals surface area (Å²) in [7, 11) is 0. The Hall–Kier alpha value is -2.44. The van der Waals surface area contributed by atoms with Crippen LogP contribution >= 0.6 is 0 Å². The van der Waals surface area contributed by atoms with Crippen LogP contribution in [0, 0.1) is 0 Å². The summed E-state index contributed by atoms with van der Waals surface area (Å²) in [6.45, 7) is 1.94. The van der Waals surface area contributed by atoms with Gasteiger partial charge in [0.25, 0.3) is 0 Å². The SMILES string of the molecule is CC(NC(=O)NCCCC(=O)O)Oc1ccc(O)cc1. The van der Waals surface area contributed by atoms with Gasteiger partial charge in [-0.15, -0.1) is 0 Å². The highest BCUT2D eigenvalue weighted by atomic mass is 16.5. The van der Waals surface area contributed by atoms with E-state index in [-0.39, 0.29) is 18.7 Å². The van der Waals surface area contributed by atoms with E-state index < -0.39 is 18.2 Å². The summed E-state index contributed by atoms with van der Waals surface area (Å²) in [6.07, 6.45) is -0.172. The van der Waals surface area contributed by atoms with Crippen molar-refractivity contribution >= 4 is 12.0 Å². The molecule has 0 radical (unpaired) electrons. The zero-order valence-corrected chi connectivity index (χ0v) is 11.1. The Morgan fingerprint density at radius 3 is 2.55 bits per heavy atom. The first-order valence-electron chi connectivity index (χ1n) is 6.19. The molecule has 4 N–H and O–H groups in total. The number of aromatic hydroxyl groups is 1. The van der Waals surface area contributed by atoms with Gasteiger partial charge in [-0.05, 0) is 37.6 Å². The van der Waals surface area contributed by atoms with E-state index in [1.165, 1.54) is 12.1 Å². The molecular weight excluding hydrogens is 264 g/mol. The Morgan fingerprint density at radius 1 is 1.30 bits per heavy atom. The molecule has 7 nitrogen and oxygen atoms in total. The fourth-order valence-corrected chi connectivity index (χ4v) is 1.44. The molecule has 1 aromatic rings. The van der Waals surface area contributed by atoms with Gasteiger partial charge in [0, 0.05) is 13.0 Å². The molecule has 0 bridgehead atoms. The maximum atomic E-state index is 11.5. The van der Waals surface area contributed by atoms with Crippen molar-refractivity contribution in [2.75, 3.05) is 6.54 Å². The Morgan fingerprint density at radius 2 is 1.95 bits per heavy atom. The second-order valence-electron chi connectivity index (χ2n) is 4.15. The Labute approximate surface area is 116 Å². The number of aliphatic carboxylic acids is 1. The van der Waals surface area contributed by atoms with Crippen molar-refractivity contribution in [3.05, 3.63) is 24.3 Å². The molecule has 0 saturated heterocycles. The highest BCUT2D eigenvalue weighted by molar-refractivity contribution is 5.74. The van der Waals surface area contributed by atoms with Gasteiger partial charge in [-0.3, -0.25) is 4.79 Å². The molecule has 0 heterocycles. The third-order valence-corrected chi connectivity index (χ3v) is 2.34. The number of carboxylic acid groups (broad SMARTS) is 1. The quantitative estimate of drug-likeness (QED) is 0.445. The molecule has 110 valence electrons. The molecule has 1 unspecified atom stereocenters. The fraction of sp³-hybridized carbons (Fsp3) is 0.385. The van der Waals surface area contributed by atoms with Crippen molar-refractivity contribution in [3.63, 3.8) is 0 Å². The predicted octanol–water partition coefficient (Wildman–Crippen LogP) is 1.28. The van der Waals surface area contributed by atoms with Gasteiger partial charge in [-0.2, -0.15) is 0 Å². The van der Waals surface area contributed by atoms with E-state index in [1.54, 1.807) is 19.1 Å². The first-order valence-corrected chi connectivity index (χ1v) is 6.19. The number of benzene rings is 1. The highest BCUT2D eigenvalue weighted by Crippen LogP contribution is 2.16. The molecule has 2 amide bonds. The maximum Gasteiger partial charge on any atom is 0.317 e. The average molecular weight is 282 g/mol. The van der Waals surface area contributed by atoms with Crippen LogP contribution in [0.15, 0.2) is 24.3 Å². The number of carbonyl (C=O) groups excluding carboxylic acids is 1. The summed E-state index contributed by atoms with van der Waals surface area (Å²) in [5, 5.41) is 22.6. The Balaban J connectivity index is 2.24. The molecular formula is C13H18N2O5. The summed E-state index contributed by atoms with van der Waals surface area (Å²) < 4.78 is 5.41. The smallest absolute Gasteiger partial charge is 0.317 e. The number of carboxylic acids is 1. The lowest BCUT2D eigenvalue weighted by molar-refractivity contribution is -0.137. The first-order chi connectivity index (χ1) is 9.47. The lowest BCUT2D eigenvalue weighted by atomic mass is 10.3. The third-order valence-electron chi connectivity index (χ3n) is 2.34. The lowest BCUT2D eigenvalue weighted by Gasteiger charge is -2.16. The molecule has 0 aromatic heterocycles. The van der Waals surface area contributed by atoms with E-state index in [2.05, 4.69) is 10.6 Å². The van der Waals surface area contributed by atoms with Crippen LogP contribution in [0.1, 0.15) is 19.8 Å². The summed E-state index contributed by atoms with van der Waals surface area (Å²) in [5.74, 6) is -0.244. The molecule has 0 saturated carbocycles. The van der Waals surface area contributed by atoms with E-state index in [1.807, 2.05) is 0 Å². The number of ether oxygens (including phenoxy) is 1. The van der Waals surface area contributed by atoms with Crippen LogP contribution in [-0.2, 0) is 4.79 Å². The number of hydrogen-bond acceptors (Lipinski definition) is 4. The highest BCUT2D eigenvalue weighted by Gasteiger charge is 2.08. The van der Waals surface area contributed by atoms with Crippen LogP contribution in [0.4, 0.5) is 4.79 Å². The second kappa shape index (κ2) is 7.88.